The molecule has 0 spiro atoms. The van der Waals surface area contributed by atoms with Gasteiger partial charge in [0, 0.05) is 4.90 Å². The Morgan fingerprint density at radius 1 is 1.20 bits per heavy atom. The van der Waals surface area contributed by atoms with Gasteiger partial charge in [0.05, 0.1) is 8.07 Å². The van der Waals surface area contributed by atoms with E-state index in [1.54, 1.807) is 0 Å². The minimum absolute atomic E-state index is 1.24. The van der Waals surface area contributed by atoms with E-state index >= 15 is 0 Å². The maximum atomic E-state index is 3.79. The molecular formula is C13H18SSi. The van der Waals surface area contributed by atoms with Crippen LogP contribution in [-0.4, -0.2) is 8.07 Å². The molecule has 0 aliphatic heterocycles. The first-order chi connectivity index (χ1) is 7.04. The minimum atomic E-state index is -1.24. The van der Waals surface area contributed by atoms with Crippen molar-refractivity contribution in [3.05, 3.63) is 53.6 Å². The van der Waals surface area contributed by atoms with Gasteiger partial charge in [0.2, 0.25) is 0 Å². The third kappa shape index (κ3) is 4.10. The van der Waals surface area contributed by atoms with E-state index in [2.05, 4.69) is 62.6 Å². The molecule has 0 atom stereocenters. The SMILES string of the molecule is C=C/C=C(\Sc1ccccc1)[Si](C)(C)C. The average molecular weight is 234 g/mol. The van der Waals surface area contributed by atoms with E-state index in [1.165, 1.54) is 9.42 Å². The highest BCUT2D eigenvalue weighted by atomic mass is 32.2. The van der Waals surface area contributed by atoms with Crippen molar-refractivity contribution in [3.63, 3.8) is 0 Å². The van der Waals surface area contributed by atoms with E-state index in [9.17, 15) is 0 Å². The summed E-state index contributed by atoms with van der Waals surface area (Å²) in [5.41, 5.74) is 0. The molecule has 15 heavy (non-hydrogen) atoms. The van der Waals surface area contributed by atoms with Gasteiger partial charge in [-0.2, -0.15) is 0 Å². The van der Waals surface area contributed by atoms with Crippen molar-refractivity contribution in [2.24, 2.45) is 0 Å². The molecule has 0 saturated carbocycles. The van der Waals surface area contributed by atoms with E-state index in [1.807, 2.05) is 17.8 Å². The molecule has 2 heteroatoms. The van der Waals surface area contributed by atoms with E-state index in [0.29, 0.717) is 0 Å². The lowest BCUT2D eigenvalue weighted by Crippen LogP contribution is -2.21. The molecule has 80 valence electrons. The fourth-order valence-electron chi connectivity index (χ4n) is 1.16. The van der Waals surface area contributed by atoms with Crippen molar-refractivity contribution in [1.29, 1.82) is 0 Å². The molecule has 0 amide bonds. The highest BCUT2D eigenvalue weighted by Gasteiger charge is 2.19. The van der Waals surface area contributed by atoms with E-state index < -0.39 is 8.07 Å². The molecule has 1 rings (SSSR count). The van der Waals surface area contributed by atoms with Crippen LogP contribution in [0.3, 0.4) is 0 Å². The molecule has 0 nitrogen and oxygen atoms in total. The van der Waals surface area contributed by atoms with Crippen molar-refractivity contribution in [2.75, 3.05) is 0 Å². The molecule has 0 fully saturated rings. The predicted molar refractivity (Wildman–Crippen MR) is 73.9 cm³/mol. The first kappa shape index (κ1) is 12.3. The molecule has 0 N–H and O–H groups in total. The van der Waals surface area contributed by atoms with Crippen LogP contribution in [0, 0.1) is 0 Å². The summed E-state index contributed by atoms with van der Waals surface area (Å²) in [4.78, 5) is 1.31. The Morgan fingerprint density at radius 3 is 2.27 bits per heavy atom. The van der Waals surface area contributed by atoms with Crippen molar-refractivity contribution in [1.82, 2.24) is 0 Å². The molecule has 0 heterocycles. The van der Waals surface area contributed by atoms with Gasteiger partial charge in [-0.05, 0) is 16.7 Å². The molecular weight excluding hydrogens is 216 g/mol. The molecule has 1 aromatic rings. The Kier molecular flexibility index (Phi) is 4.42. The number of hydrogen-bond donors (Lipinski definition) is 0. The molecule has 0 aliphatic rings. The van der Waals surface area contributed by atoms with Gasteiger partial charge in [-0.15, -0.1) is 0 Å². The second kappa shape index (κ2) is 5.38. The quantitative estimate of drug-likeness (QED) is 0.412. The van der Waals surface area contributed by atoms with Crippen molar-refractivity contribution >= 4 is 19.8 Å². The summed E-state index contributed by atoms with van der Waals surface area (Å²) in [5.74, 6) is 0. The highest BCUT2D eigenvalue weighted by molar-refractivity contribution is 8.05. The number of thioether (sulfide) groups is 1. The maximum absolute atomic E-state index is 3.79. The topological polar surface area (TPSA) is 0 Å². The maximum Gasteiger partial charge on any atom is 0.0862 e. The smallest absolute Gasteiger partial charge is 0.0862 e. The summed E-state index contributed by atoms with van der Waals surface area (Å²) in [7, 11) is -1.24. The monoisotopic (exact) mass is 234 g/mol. The summed E-state index contributed by atoms with van der Waals surface area (Å²) in [6.45, 7) is 10.9. The lowest BCUT2D eigenvalue weighted by atomic mass is 10.4. The second-order valence-corrected chi connectivity index (χ2v) is 10.9. The Morgan fingerprint density at radius 2 is 1.80 bits per heavy atom. The average Bonchev–Trinajstić information content (AvgIpc) is 2.17. The van der Waals surface area contributed by atoms with Crippen molar-refractivity contribution in [2.45, 2.75) is 24.5 Å². The van der Waals surface area contributed by atoms with Crippen molar-refractivity contribution < 1.29 is 0 Å². The Hall–Kier alpha value is -0.733. The van der Waals surface area contributed by atoms with Gasteiger partial charge in [-0.1, -0.05) is 68.3 Å². The van der Waals surface area contributed by atoms with Crippen LogP contribution in [-0.2, 0) is 0 Å². The van der Waals surface area contributed by atoms with E-state index in [-0.39, 0.29) is 0 Å². The lowest BCUT2D eigenvalue weighted by molar-refractivity contribution is 1.47. The summed E-state index contributed by atoms with van der Waals surface area (Å²) in [6, 6.07) is 10.5. The van der Waals surface area contributed by atoms with Gasteiger partial charge < -0.3 is 0 Å². The van der Waals surface area contributed by atoms with Crippen LogP contribution < -0.4 is 0 Å². The van der Waals surface area contributed by atoms with Crippen LogP contribution in [0.5, 0.6) is 0 Å². The first-order valence-electron chi connectivity index (χ1n) is 5.10. The van der Waals surface area contributed by atoms with Gasteiger partial charge in [-0.25, -0.2) is 0 Å². The number of hydrogen-bond acceptors (Lipinski definition) is 1. The van der Waals surface area contributed by atoms with Crippen LogP contribution in [0.1, 0.15) is 0 Å². The van der Waals surface area contributed by atoms with Crippen molar-refractivity contribution in [3.8, 4) is 0 Å². The van der Waals surface area contributed by atoms with Gasteiger partial charge >= 0.3 is 0 Å². The fourth-order valence-corrected chi connectivity index (χ4v) is 4.07. The molecule has 0 saturated heterocycles. The molecule has 1 aromatic carbocycles. The third-order valence-corrected chi connectivity index (χ3v) is 6.63. The van der Waals surface area contributed by atoms with Crippen LogP contribution >= 0.6 is 11.8 Å². The van der Waals surface area contributed by atoms with Gasteiger partial charge in [-0.3, -0.25) is 0 Å². The summed E-state index contributed by atoms with van der Waals surface area (Å²) in [6.07, 6.45) is 4.05. The third-order valence-electron chi connectivity index (χ3n) is 1.98. The number of rotatable bonds is 4. The lowest BCUT2D eigenvalue weighted by Gasteiger charge is -2.19. The van der Waals surface area contributed by atoms with E-state index in [4.69, 9.17) is 0 Å². The van der Waals surface area contributed by atoms with Crippen LogP contribution in [0.25, 0.3) is 0 Å². The van der Waals surface area contributed by atoms with Crippen LogP contribution in [0.4, 0.5) is 0 Å². The predicted octanol–water partition coefficient (Wildman–Crippen LogP) is 4.73. The first-order valence-corrected chi connectivity index (χ1v) is 9.42. The molecule has 0 aromatic heterocycles. The zero-order chi connectivity index (χ0) is 11.3. The van der Waals surface area contributed by atoms with Crippen LogP contribution in [0.15, 0.2) is 58.5 Å². The standard InChI is InChI=1S/C13H18SSi/c1-5-9-13(15(2,3)4)14-12-10-7-6-8-11-12/h5-11H,1H2,2-4H3/b13-9+. The zero-order valence-corrected chi connectivity index (χ0v) is 11.5. The largest absolute Gasteiger partial charge is 0.0991 e. The van der Waals surface area contributed by atoms with Gasteiger partial charge in [0.25, 0.3) is 0 Å². The molecule has 0 aliphatic carbocycles. The van der Waals surface area contributed by atoms with Crippen LogP contribution in [0.2, 0.25) is 19.6 Å². The molecule has 0 unspecified atom stereocenters. The summed E-state index contributed by atoms with van der Waals surface area (Å²) < 4.78 is 1.48. The molecule has 0 bridgehead atoms. The second-order valence-electron chi connectivity index (χ2n) is 4.43. The minimum Gasteiger partial charge on any atom is -0.0991 e. The summed E-state index contributed by atoms with van der Waals surface area (Å²) in [5, 5.41) is 0. The molecule has 0 radical (unpaired) electrons. The van der Waals surface area contributed by atoms with Gasteiger partial charge in [0.1, 0.15) is 0 Å². The zero-order valence-electron chi connectivity index (χ0n) is 9.66. The Bertz CT molecular complexity index is 347. The van der Waals surface area contributed by atoms with Gasteiger partial charge in [0.15, 0.2) is 0 Å². The highest BCUT2D eigenvalue weighted by Crippen LogP contribution is 2.32. The Labute approximate surface area is 98.1 Å². The normalized spacial score (nSPS) is 12.6. The van der Waals surface area contributed by atoms with E-state index in [0.717, 1.165) is 0 Å². The number of allylic oxidation sites excluding steroid dienone is 2. The Balaban J connectivity index is 2.86. The summed E-state index contributed by atoms with van der Waals surface area (Å²) >= 11 is 1.87. The fraction of sp³-hybridized carbons (Fsp3) is 0.231. The number of benzene rings is 1.